The van der Waals surface area contributed by atoms with Crippen LogP contribution in [0.4, 0.5) is 5.82 Å². The van der Waals surface area contributed by atoms with Crippen LogP contribution >= 0.6 is 0 Å². The minimum Gasteiger partial charge on any atom is -0.618 e. The number of aliphatic hydroxyl groups is 1. The van der Waals surface area contributed by atoms with E-state index in [9.17, 15) is 15.1 Å². The van der Waals surface area contributed by atoms with Crippen molar-refractivity contribution in [2.24, 2.45) is 0 Å². The Kier molecular flexibility index (Phi) is 4.76. The Hall–Kier alpha value is -3.19. The summed E-state index contributed by atoms with van der Waals surface area (Å²) in [6, 6.07) is 14.1. The number of amides is 1. The largest absolute Gasteiger partial charge is 0.618 e. The fraction of sp³-hybridized carbons (Fsp3) is 0.167. The number of nitrogens with one attached hydrogen (secondary N) is 1. The maximum absolute atomic E-state index is 12.4. The maximum Gasteiger partial charge on any atom is 0.322 e. The van der Waals surface area contributed by atoms with Crippen molar-refractivity contribution in [2.45, 2.75) is 13.5 Å². The van der Waals surface area contributed by atoms with Gasteiger partial charge in [0.1, 0.15) is 5.82 Å². The van der Waals surface area contributed by atoms with E-state index in [1.165, 1.54) is 16.9 Å². The predicted octanol–water partition coefficient (Wildman–Crippen LogP) is 1.74. The van der Waals surface area contributed by atoms with Crippen LogP contribution in [-0.4, -0.2) is 27.4 Å². The Bertz CT molecular complexity index is 905. The van der Waals surface area contributed by atoms with E-state index in [2.05, 4.69) is 10.4 Å². The summed E-state index contributed by atoms with van der Waals surface area (Å²) in [5.41, 5.74) is 2.66. The molecule has 25 heavy (non-hydrogen) atoms. The van der Waals surface area contributed by atoms with Crippen molar-refractivity contribution in [1.29, 1.82) is 0 Å². The Labute approximate surface area is 144 Å². The Morgan fingerprint density at radius 3 is 2.76 bits per heavy atom. The van der Waals surface area contributed by atoms with E-state index in [1.54, 1.807) is 18.2 Å². The molecule has 0 saturated heterocycles. The number of nitrogens with zero attached hydrogens (tertiary/aromatic N) is 3. The van der Waals surface area contributed by atoms with Crippen molar-refractivity contribution in [3.63, 3.8) is 0 Å². The van der Waals surface area contributed by atoms with Crippen molar-refractivity contribution < 1.29 is 14.6 Å². The van der Waals surface area contributed by atoms with Gasteiger partial charge in [-0.1, -0.05) is 24.3 Å². The third-order valence-corrected chi connectivity index (χ3v) is 3.81. The number of aliphatic hydroxyl groups excluding tert-OH is 1. The van der Waals surface area contributed by atoms with Gasteiger partial charge in [0.25, 0.3) is 5.69 Å². The second kappa shape index (κ2) is 7.14. The molecule has 7 nitrogen and oxygen atoms in total. The summed E-state index contributed by atoms with van der Waals surface area (Å²) in [5, 5.41) is 28.1. The Balaban J connectivity index is 1.94. The number of rotatable bonds is 5. The molecule has 2 heterocycles. The number of aryl methyl sites for hydroxylation is 1. The van der Waals surface area contributed by atoms with Gasteiger partial charge in [-0.2, -0.15) is 9.83 Å². The zero-order chi connectivity index (χ0) is 17.8. The molecular formula is C18H18N4O3. The molecule has 0 fully saturated rings. The van der Waals surface area contributed by atoms with Crippen LogP contribution in [0.15, 0.2) is 54.7 Å². The lowest BCUT2D eigenvalue weighted by Gasteiger charge is -2.07. The molecule has 2 N–H and O–H groups in total. The average molecular weight is 338 g/mol. The first kappa shape index (κ1) is 16.7. The van der Waals surface area contributed by atoms with Crippen molar-refractivity contribution in [1.82, 2.24) is 9.78 Å². The number of hydrogen-bond donors (Lipinski definition) is 2. The van der Waals surface area contributed by atoms with Gasteiger partial charge in [0.15, 0.2) is 6.20 Å². The van der Waals surface area contributed by atoms with Crippen LogP contribution in [0.2, 0.25) is 0 Å². The topological polar surface area (TPSA) is 94.1 Å². The van der Waals surface area contributed by atoms with Gasteiger partial charge < -0.3 is 15.6 Å². The highest BCUT2D eigenvalue weighted by Gasteiger charge is 2.19. The average Bonchev–Trinajstić information content (AvgIpc) is 2.98. The van der Waals surface area contributed by atoms with Crippen LogP contribution in [0.25, 0.3) is 11.3 Å². The summed E-state index contributed by atoms with van der Waals surface area (Å²) < 4.78 is 2.02. The monoisotopic (exact) mass is 338 g/mol. The highest BCUT2D eigenvalue weighted by molar-refractivity contribution is 6.01. The number of aromatic nitrogens is 3. The molecule has 128 valence electrons. The summed E-state index contributed by atoms with van der Waals surface area (Å²) in [7, 11) is 0. The lowest BCUT2D eigenvalue weighted by Crippen LogP contribution is -2.36. The molecule has 0 atom stereocenters. The van der Waals surface area contributed by atoms with Gasteiger partial charge in [-0.3, -0.25) is 4.79 Å². The van der Waals surface area contributed by atoms with E-state index < -0.39 is 5.91 Å². The van der Waals surface area contributed by atoms with Crippen LogP contribution in [0, 0.1) is 12.1 Å². The lowest BCUT2D eigenvalue weighted by atomic mass is 10.1. The molecule has 2 aromatic heterocycles. The Morgan fingerprint density at radius 1 is 1.28 bits per heavy atom. The predicted molar refractivity (Wildman–Crippen MR) is 92.8 cm³/mol. The van der Waals surface area contributed by atoms with E-state index in [1.807, 2.05) is 31.2 Å². The van der Waals surface area contributed by atoms with Crippen molar-refractivity contribution in [3.8, 4) is 11.3 Å². The quantitative estimate of drug-likeness (QED) is 0.547. The first-order valence-corrected chi connectivity index (χ1v) is 7.84. The minimum absolute atomic E-state index is 0.0170. The van der Waals surface area contributed by atoms with Gasteiger partial charge in [0, 0.05) is 23.8 Å². The fourth-order valence-electron chi connectivity index (χ4n) is 2.56. The van der Waals surface area contributed by atoms with Gasteiger partial charge in [-0.05, 0) is 18.6 Å². The molecule has 0 radical (unpaired) electrons. The van der Waals surface area contributed by atoms with Crippen molar-refractivity contribution >= 4 is 11.7 Å². The molecule has 7 heteroatoms. The number of hydrogen-bond acceptors (Lipinski definition) is 4. The normalized spacial score (nSPS) is 10.6. The SMILES string of the molecule is Cc1ccccc1-c1cc(NC(=O)c2cccc[n+]2[O-])n(CCO)n1. The summed E-state index contributed by atoms with van der Waals surface area (Å²) >= 11 is 0. The highest BCUT2D eigenvalue weighted by atomic mass is 16.5. The number of benzene rings is 1. The van der Waals surface area contributed by atoms with Gasteiger partial charge in [-0.15, -0.1) is 0 Å². The lowest BCUT2D eigenvalue weighted by molar-refractivity contribution is -0.607. The molecule has 0 aliphatic carbocycles. The zero-order valence-electron chi connectivity index (χ0n) is 13.7. The summed E-state index contributed by atoms with van der Waals surface area (Å²) in [6.07, 6.45) is 1.26. The molecule has 3 aromatic rings. The van der Waals surface area contributed by atoms with Crippen LogP contribution in [0.1, 0.15) is 16.1 Å². The Morgan fingerprint density at radius 2 is 2.04 bits per heavy atom. The van der Waals surface area contributed by atoms with Crippen LogP contribution in [0.3, 0.4) is 0 Å². The molecule has 0 bridgehead atoms. The highest BCUT2D eigenvalue weighted by Crippen LogP contribution is 2.25. The molecule has 3 rings (SSSR count). The zero-order valence-corrected chi connectivity index (χ0v) is 13.7. The molecule has 0 spiro atoms. The van der Waals surface area contributed by atoms with E-state index >= 15 is 0 Å². The second-order valence-electron chi connectivity index (χ2n) is 5.54. The number of carbonyl (C=O) groups is 1. The first-order valence-electron chi connectivity index (χ1n) is 7.84. The molecular weight excluding hydrogens is 320 g/mol. The number of anilines is 1. The molecule has 0 aliphatic heterocycles. The summed E-state index contributed by atoms with van der Waals surface area (Å²) in [4.78, 5) is 12.4. The van der Waals surface area contributed by atoms with Crippen molar-refractivity contribution in [2.75, 3.05) is 11.9 Å². The van der Waals surface area contributed by atoms with E-state index in [0.29, 0.717) is 16.2 Å². The van der Waals surface area contributed by atoms with Crippen molar-refractivity contribution in [3.05, 3.63) is 71.2 Å². The first-order chi connectivity index (χ1) is 12.1. The third-order valence-electron chi connectivity index (χ3n) is 3.81. The van der Waals surface area contributed by atoms with E-state index in [-0.39, 0.29) is 18.8 Å². The van der Waals surface area contributed by atoms with E-state index in [0.717, 1.165) is 11.1 Å². The third kappa shape index (κ3) is 3.51. The number of pyridine rings is 1. The standard InChI is InChI=1S/C18H18N4O3/c1-13-6-2-3-7-14(13)15-12-17(21(20-15)10-11-23)19-18(24)16-8-4-5-9-22(16)25/h2-9,12,23H,10-11H2,1H3,(H,19,24). The summed E-state index contributed by atoms with van der Waals surface area (Å²) in [5.74, 6) is -0.118. The number of carbonyl (C=O) groups excluding carboxylic acids is 1. The maximum atomic E-state index is 12.4. The molecule has 1 amide bonds. The molecule has 0 unspecified atom stereocenters. The van der Waals surface area contributed by atoms with Gasteiger partial charge in [0.05, 0.1) is 18.8 Å². The minimum atomic E-state index is -0.536. The molecule has 0 saturated carbocycles. The van der Waals surface area contributed by atoms with Gasteiger partial charge in [0.2, 0.25) is 0 Å². The summed E-state index contributed by atoms with van der Waals surface area (Å²) in [6.45, 7) is 2.08. The molecule has 0 aliphatic rings. The van der Waals surface area contributed by atoms with Gasteiger partial charge in [-0.25, -0.2) is 4.68 Å². The van der Waals surface area contributed by atoms with Crippen LogP contribution in [0.5, 0.6) is 0 Å². The fourth-order valence-corrected chi connectivity index (χ4v) is 2.56. The van der Waals surface area contributed by atoms with Crippen LogP contribution < -0.4 is 10.0 Å². The second-order valence-corrected chi connectivity index (χ2v) is 5.54. The molecule has 1 aromatic carbocycles. The van der Waals surface area contributed by atoms with Gasteiger partial charge >= 0.3 is 5.91 Å². The smallest absolute Gasteiger partial charge is 0.322 e. The van der Waals surface area contributed by atoms with Crippen LogP contribution in [-0.2, 0) is 6.54 Å². The van der Waals surface area contributed by atoms with E-state index in [4.69, 9.17) is 0 Å².